The van der Waals surface area contributed by atoms with Gasteiger partial charge in [0.15, 0.2) is 0 Å². The molecule has 3 amide bonds. The molecule has 0 aromatic rings. The lowest BCUT2D eigenvalue weighted by Gasteiger charge is -2.15. The number of likely N-dealkylation sites (N-methyl/N-ethyl adjacent to an activating group) is 1. The largest absolute Gasteiger partial charge is 0.444 e. The van der Waals surface area contributed by atoms with Crippen LogP contribution < -0.4 is 5.32 Å². The fourth-order valence-electron chi connectivity index (χ4n) is 0.814. The van der Waals surface area contributed by atoms with Crippen LogP contribution in [-0.2, 0) is 4.79 Å². The Balaban J connectivity index is 0. The zero-order valence-electron chi connectivity index (χ0n) is 9.75. The first-order valence-corrected chi connectivity index (χ1v) is 4.72. The normalized spacial score (nSPS) is 9.00. The van der Waals surface area contributed by atoms with E-state index in [1.165, 1.54) is 10.2 Å². The smallest absolute Gasteiger partial charge is 0.422 e. The summed E-state index contributed by atoms with van der Waals surface area (Å²) in [5.41, 5.74) is 0. The molecule has 0 heterocycles. The summed E-state index contributed by atoms with van der Waals surface area (Å²) >= 11 is 0. The highest BCUT2D eigenvalue weighted by atomic mass is 16.6. The van der Waals surface area contributed by atoms with Gasteiger partial charge >= 0.3 is 6.03 Å². The van der Waals surface area contributed by atoms with E-state index < -0.39 is 0 Å². The second kappa shape index (κ2) is 11.5. The van der Waals surface area contributed by atoms with Crippen molar-refractivity contribution >= 4 is 12.4 Å². The van der Waals surface area contributed by atoms with E-state index in [9.17, 15) is 9.59 Å². The number of hydrogen-bond acceptors (Lipinski definition) is 6. The number of amides is 3. The Bertz CT molecular complexity index is 210. The summed E-state index contributed by atoms with van der Waals surface area (Å²) in [5, 5.41) is 10.5. The summed E-state index contributed by atoms with van der Waals surface area (Å²) in [7, 11) is 3.80. The van der Waals surface area contributed by atoms with E-state index in [2.05, 4.69) is 0 Å². The zero-order chi connectivity index (χ0) is 13.0. The Kier molecular flexibility index (Phi) is 12.2. The average molecular weight is 234 g/mol. The molecule has 0 saturated carbocycles. The van der Waals surface area contributed by atoms with E-state index in [-0.39, 0.29) is 6.03 Å². The van der Waals surface area contributed by atoms with Crippen LogP contribution in [0.1, 0.15) is 6.92 Å². The van der Waals surface area contributed by atoms with Crippen molar-refractivity contribution in [3.63, 3.8) is 0 Å². The SMILES string of the molecule is CC[NH2+]C(=O)N(C=O)CCN(C)C.O=N[O-]. The molecule has 0 unspecified atom stereocenters. The Labute approximate surface area is 94.1 Å². The first-order valence-electron chi connectivity index (χ1n) is 4.72. The number of nitrogens with zero attached hydrogens (tertiary/aromatic N) is 3. The Morgan fingerprint density at radius 1 is 1.44 bits per heavy atom. The van der Waals surface area contributed by atoms with Crippen molar-refractivity contribution in [1.29, 1.82) is 0 Å². The van der Waals surface area contributed by atoms with Crippen LogP contribution in [0.2, 0.25) is 0 Å². The molecule has 0 rings (SSSR count). The quantitative estimate of drug-likeness (QED) is 0.371. The van der Waals surface area contributed by atoms with Crippen LogP contribution in [0.5, 0.6) is 0 Å². The zero-order valence-corrected chi connectivity index (χ0v) is 9.75. The topological polar surface area (TPSA) is 110 Å². The first kappa shape index (κ1) is 16.9. The highest BCUT2D eigenvalue weighted by Crippen LogP contribution is 1.82. The van der Waals surface area contributed by atoms with Gasteiger partial charge in [-0.15, -0.1) is 5.34 Å². The number of carbonyl (C=O) groups excluding carboxylic acids is 2. The second-order valence-electron chi connectivity index (χ2n) is 3.13. The van der Waals surface area contributed by atoms with Gasteiger partial charge in [0.25, 0.3) is 0 Å². The lowest BCUT2D eigenvalue weighted by atomic mass is 10.5. The minimum atomic E-state index is -0.209. The highest BCUT2D eigenvalue weighted by Gasteiger charge is 2.14. The molecule has 0 aromatic carbocycles. The third-order valence-corrected chi connectivity index (χ3v) is 1.58. The fraction of sp³-hybridized carbons (Fsp3) is 0.750. The molecule has 0 aromatic heterocycles. The third kappa shape index (κ3) is 10.5. The van der Waals surface area contributed by atoms with Crippen LogP contribution in [-0.4, -0.2) is 56.0 Å². The average Bonchev–Trinajstić information content (AvgIpc) is 2.19. The van der Waals surface area contributed by atoms with Crippen LogP contribution in [0, 0.1) is 10.1 Å². The van der Waals surface area contributed by atoms with Crippen LogP contribution in [0.25, 0.3) is 0 Å². The van der Waals surface area contributed by atoms with Gasteiger partial charge in [-0.3, -0.25) is 10.1 Å². The van der Waals surface area contributed by atoms with Gasteiger partial charge < -0.3 is 15.0 Å². The van der Waals surface area contributed by atoms with E-state index in [1.807, 2.05) is 25.9 Å². The summed E-state index contributed by atoms with van der Waals surface area (Å²) in [6, 6.07) is -0.209. The van der Waals surface area contributed by atoms with Crippen molar-refractivity contribution in [3.8, 4) is 0 Å². The van der Waals surface area contributed by atoms with E-state index in [1.54, 1.807) is 0 Å². The Morgan fingerprint density at radius 3 is 2.25 bits per heavy atom. The van der Waals surface area contributed by atoms with Crippen LogP contribution in [0.3, 0.4) is 0 Å². The number of hydrogen-bond donors (Lipinski definition) is 1. The predicted molar refractivity (Wildman–Crippen MR) is 58.3 cm³/mol. The number of quaternary nitrogens is 1. The second-order valence-corrected chi connectivity index (χ2v) is 3.13. The van der Waals surface area contributed by atoms with Gasteiger partial charge in [-0.2, -0.15) is 0 Å². The molecule has 2 N–H and O–H groups in total. The Hall–Kier alpha value is -1.54. The first-order chi connectivity index (χ1) is 7.53. The molecule has 0 aliphatic carbocycles. The summed E-state index contributed by atoms with van der Waals surface area (Å²) in [5.74, 6) is 0. The molecule has 0 aliphatic heterocycles. The monoisotopic (exact) mass is 234 g/mol. The lowest BCUT2D eigenvalue weighted by molar-refractivity contribution is -0.557. The van der Waals surface area contributed by atoms with Crippen molar-refractivity contribution < 1.29 is 14.9 Å². The molecule has 0 atom stereocenters. The van der Waals surface area contributed by atoms with Gasteiger partial charge in [0.1, 0.15) is 0 Å². The summed E-state index contributed by atoms with van der Waals surface area (Å²) in [6.07, 6.45) is 0.581. The van der Waals surface area contributed by atoms with Crippen molar-refractivity contribution in [2.45, 2.75) is 6.92 Å². The van der Waals surface area contributed by atoms with Gasteiger partial charge in [-0.25, -0.2) is 9.69 Å². The maximum Gasteiger partial charge on any atom is 0.422 e. The van der Waals surface area contributed by atoms with Gasteiger partial charge in [-0.05, 0) is 21.0 Å². The molecule has 0 spiro atoms. The molecule has 8 nitrogen and oxygen atoms in total. The third-order valence-electron chi connectivity index (χ3n) is 1.58. The van der Waals surface area contributed by atoms with Crippen LogP contribution >= 0.6 is 0 Å². The number of primary amides is 1. The summed E-state index contributed by atoms with van der Waals surface area (Å²) in [4.78, 5) is 32.8. The van der Waals surface area contributed by atoms with E-state index >= 15 is 0 Å². The molecule has 16 heavy (non-hydrogen) atoms. The minimum Gasteiger partial charge on any atom is -0.444 e. The number of carbonyl (C=O) groups is 2. The van der Waals surface area contributed by atoms with Gasteiger partial charge in [0, 0.05) is 13.1 Å². The molecule has 8 heteroatoms. The molecular weight excluding hydrogens is 216 g/mol. The van der Waals surface area contributed by atoms with Gasteiger partial charge in [0.05, 0.1) is 6.54 Å². The molecular formula is C8H18N4O4. The maximum absolute atomic E-state index is 11.2. The highest BCUT2D eigenvalue weighted by molar-refractivity contribution is 5.77. The Morgan fingerprint density at radius 2 is 1.94 bits per heavy atom. The molecule has 0 radical (unpaired) electrons. The minimum absolute atomic E-state index is 0.209. The molecule has 94 valence electrons. The number of urea groups is 1. The molecule has 0 bridgehead atoms. The van der Waals surface area contributed by atoms with Crippen molar-refractivity contribution in [3.05, 3.63) is 10.1 Å². The number of imide groups is 1. The van der Waals surface area contributed by atoms with Gasteiger partial charge in [0.2, 0.25) is 6.41 Å². The molecule has 0 fully saturated rings. The number of rotatable bonds is 5. The number of nitrogens with two attached hydrogens (primary N) is 1. The van der Waals surface area contributed by atoms with E-state index in [4.69, 9.17) is 10.1 Å². The van der Waals surface area contributed by atoms with Crippen LogP contribution in [0.4, 0.5) is 4.79 Å². The maximum atomic E-state index is 11.2. The van der Waals surface area contributed by atoms with Gasteiger partial charge in [-0.1, -0.05) is 0 Å². The molecule has 0 saturated heterocycles. The summed E-state index contributed by atoms with van der Waals surface area (Å²) in [6.45, 7) is 3.67. The standard InChI is InChI=1S/C8H17N3O2.HNO2/c1-4-9-8(13)11(7-12)6-5-10(2)3;2-1-3/h7H,4-6H2,1-3H3,(H,9,13);(H,2,3). The summed E-state index contributed by atoms with van der Waals surface area (Å²) < 4.78 is 0. The van der Waals surface area contributed by atoms with E-state index in [0.29, 0.717) is 26.0 Å². The van der Waals surface area contributed by atoms with Crippen molar-refractivity contribution in [1.82, 2.24) is 9.80 Å². The fourth-order valence-corrected chi connectivity index (χ4v) is 0.814. The van der Waals surface area contributed by atoms with E-state index in [0.717, 1.165) is 5.34 Å². The van der Waals surface area contributed by atoms with Crippen molar-refractivity contribution in [2.75, 3.05) is 33.7 Å². The van der Waals surface area contributed by atoms with Crippen LogP contribution in [0.15, 0.2) is 5.34 Å². The lowest BCUT2D eigenvalue weighted by Crippen LogP contribution is -2.90. The molecule has 0 aliphatic rings. The van der Waals surface area contributed by atoms with Crippen molar-refractivity contribution in [2.24, 2.45) is 5.34 Å². The predicted octanol–water partition coefficient (Wildman–Crippen LogP) is -1.04.